The summed E-state index contributed by atoms with van der Waals surface area (Å²) in [6.45, 7) is 6.38. The lowest BCUT2D eigenvalue weighted by atomic mass is 10.1. The molecule has 3 aromatic rings. The van der Waals surface area contributed by atoms with E-state index in [0.717, 1.165) is 15.7 Å². The maximum atomic E-state index is 12.7. The molecule has 0 aliphatic rings. The predicted octanol–water partition coefficient (Wildman–Crippen LogP) is 4.05. The molecule has 128 valence electrons. The molecule has 0 aliphatic carbocycles. The third kappa shape index (κ3) is 3.35. The van der Waals surface area contributed by atoms with E-state index in [1.165, 1.54) is 0 Å². The fourth-order valence-electron chi connectivity index (χ4n) is 2.68. The SMILES string of the molecule is CCn1cc(C(=O)Nc2ccc(Br)c(C)c2)c(=O)c2ccc(C)nc21. The maximum Gasteiger partial charge on any atom is 0.261 e. The zero-order valence-electron chi connectivity index (χ0n) is 14.3. The van der Waals surface area contributed by atoms with Crippen LogP contribution >= 0.6 is 15.9 Å². The fraction of sp³-hybridized carbons (Fsp3) is 0.211. The molecule has 1 aromatic carbocycles. The van der Waals surface area contributed by atoms with Gasteiger partial charge in [-0.15, -0.1) is 0 Å². The molecule has 0 saturated heterocycles. The van der Waals surface area contributed by atoms with Crippen molar-refractivity contribution in [1.29, 1.82) is 0 Å². The first-order valence-electron chi connectivity index (χ1n) is 7.99. The maximum absolute atomic E-state index is 12.7. The van der Waals surface area contributed by atoms with Gasteiger partial charge in [0.05, 0.1) is 5.39 Å². The van der Waals surface area contributed by atoms with Crippen molar-refractivity contribution in [2.75, 3.05) is 5.32 Å². The zero-order chi connectivity index (χ0) is 18.1. The van der Waals surface area contributed by atoms with Crippen LogP contribution in [0.5, 0.6) is 0 Å². The van der Waals surface area contributed by atoms with Crippen LogP contribution in [0.4, 0.5) is 5.69 Å². The van der Waals surface area contributed by atoms with Gasteiger partial charge in [0.1, 0.15) is 11.2 Å². The van der Waals surface area contributed by atoms with Gasteiger partial charge in [-0.2, -0.15) is 0 Å². The van der Waals surface area contributed by atoms with Crippen molar-refractivity contribution < 1.29 is 4.79 Å². The first kappa shape index (κ1) is 17.4. The second-order valence-corrected chi connectivity index (χ2v) is 6.75. The minimum atomic E-state index is -0.420. The van der Waals surface area contributed by atoms with E-state index in [2.05, 4.69) is 26.2 Å². The molecule has 2 heterocycles. The number of carbonyl (C=O) groups is 1. The van der Waals surface area contributed by atoms with Gasteiger partial charge < -0.3 is 9.88 Å². The zero-order valence-corrected chi connectivity index (χ0v) is 15.8. The quantitative estimate of drug-likeness (QED) is 0.722. The number of rotatable bonds is 3. The van der Waals surface area contributed by atoms with E-state index in [-0.39, 0.29) is 11.0 Å². The van der Waals surface area contributed by atoms with E-state index >= 15 is 0 Å². The van der Waals surface area contributed by atoms with Crippen LogP contribution in [-0.4, -0.2) is 15.5 Å². The van der Waals surface area contributed by atoms with Crippen molar-refractivity contribution in [1.82, 2.24) is 9.55 Å². The Morgan fingerprint density at radius 1 is 1.24 bits per heavy atom. The van der Waals surface area contributed by atoms with Crippen molar-refractivity contribution >= 4 is 38.6 Å². The van der Waals surface area contributed by atoms with Gasteiger partial charge in [-0.25, -0.2) is 4.98 Å². The molecule has 0 aliphatic heterocycles. The summed E-state index contributed by atoms with van der Waals surface area (Å²) in [4.78, 5) is 29.8. The molecule has 0 atom stereocenters. The van der Waals surface area contributed by atoms with Crippen LogP contribution in [0.3, 0.4) is 0 Å². The number of anilines is 1. The summed E-state index contributed by atoms with van der Waals surface area (Å²) in [5.74, 6) is -0.420. The Hall–Kier alpha value is -2.47. The van der Waals surface area contributed by atoms with Gasteiger partial charge in [0, 0.05) is 28.6 Å². The third-order valence-corrected chi connectivity index (χ3v) is 4.95. The number of pyridine rings is 2. The second-order valence-electron chi connectivity index (χ2n) is 5.90. The van der Waals surface area contributed by atoms with Crippen LogP contribution in [0.2, 0.25) is 0 Å². The van der Waals surface area contributed by atoms with Crippen molar-refractivity contribution in [3.8, 4) is 0 Å². The van der Waals surface area contributed by atoms with Crippen molar-refractivity contribution in [2.24, 2.45) is 0 Å². The molecule has 6 heteroatoms. The summed E-state index contributed by atoms with van der Waals surface area (Å²) < 4.78 is 2.79. The number of hydrogen-bond acceptors (Lipinski definition) is 3. The molecule has 0 unspecified atom stereocenters. The molecule has 25 heavy (non-hydrogen) atoms. The molecule has 0 fully saturated rings. The molecule has 0 bridgehead atoms. The molecule has 3 rings (SSSR count). The van der Waals surface area contributed by atoms with Crippen LogP contribution in [0.1, 0.15) is 28.5 Å². The fourth-order valence-corrected chi connectivity index (χ4v) is 2.93. The van der Waals surface area contributed by atoms with Crippen LogP contribution in [0, 0.1) is 13.8 Å². The Morgan fingerprint density at radius 2 is 2.00 bits per heavy atom. The van der Waals surface area contributed by atoms with E-state index in [0.29, 0.717) is 23.3 Å². The number of aromatic nitrogens is 2. The van der Waals surface area contributed by atoms with Gasteiger partial charge >= 0.3 is 0 Å². The largest absolute Gasteiger partial charge is 0.332 e. The Bertz CT molecular complexity index is 1040. The number of hydrogen-bond donors (Lipinski definition) is 1. The highest BCUT2D eigenvalue weighted by molar-refractivity contribution is 9.10. The molecule has 0 spiro atoms. The number of halogens is 1. The molecule has 0 saturated carbocycles. The van der Waals surface area contributed by atoms with Gasteiger partial charge in [0.2, 0.25) is 5.43 Å². The second kappa shape index (κ2) is 6.80. The topological polar surface area (TPSA) is 64.0 Å². The molecule has 5 nitrogen and oxygen atoms in total. The number of carbonyl (C=O) groups excluding carboxylic acids is 1. The Morgan fingerprint density at radius 3 is 2.68 bits per heavy atom. The first-order chi connectivity index (χ1) is 11.9. The minimum Gasteiger partial charge on any atom is -0.332 e. The molecule has 1 N–H and O–H groups in total. The van der Waals surface area contributed by atoms with E-state index in [4.69, 9.17) is 0 Å². The highest BCUT2D eigenvalue weighted by Gasteiger charge is 2.16. The number of benzene rings is 1. The van der Waals surface area contributed by atoms with Gasteiger partial charge in [-0.1, -0.05) is 15.9 Å². The monoisotopic (exact) mass is 399 g/mol. The van der Waals surface area contributed by atoms with E-state index < -0.39 is 5.91 Å². The van der Waals surface area contributed by atoms with E-state index in [9.17, 15) is 9.59 Å². The number of nitrogens with one attached hydrogen (secondary N) is 1. The van der Waals surface area contributed by atoms with Crippen molar-refractivity contribution in [2.45, 2.75) is 27.3 Å². The summed E-state index contributed by atoms with van der Waals surface area (Å²) in [6, 6.07) is 9.02. The van der Waals surface area contributed by atoms with Gasteiger partial charge in [0.25, 0.3) is 5.91 Å². The van der Waals surface area contributed by atoms with E-state index in [1.807, 2.05) is 37.5 Å². The third-order valence-electron chi connectivity index (χ3n) is 4.06. The highest BCUT2D eigenvalue weighted by atomic mass is 79.9. The standard InChI is InChI=1S/C19H18BrN3O2/c1-4-23-10-15(17(24)14-7-5-12(3)21-18(14)23)19(25)22-13-6-8-16(20)11(2)9-13/h5-10H,4H2,1-3H3,(H,22,25). The summed E-state index contributed by atoms with van der Waals surface area (Å²) >= 11 is 3.43. The lowest BCUT2D eigenvalue weighted by molar-refractivity contribution is 0.102. The van der Waals surface area contributed by atoms with Gasteiger partial charge in [0.15, 0.2) is 0 Å². The van der Waals surface area contributed by atoms with Gasteiger partial charge in [-0.3, -0.25) is 9.59 Å². The summed E-state index contributed by atoms with van der Waals surface area (Å²) in [7, 11) is 0. The smallest absolute Gasteiger partial charge is 0.261 e. The molecular formula is C19H18BrN3O2. The summed E-state index contributed by atoms with van der Waals surface area (Å²) in [6.07, 6.45) is 1.58. The molecular weight excluding hydrogens is 382 g/mol. The molecule has 1 amide bonds. The van der Waals surface area contributed by atoms with Crippen molar-refractivity contribution in [3.05, 3.63) is 68.0 Å². The molecule has 2 aromatic heterocycles. The lowest BCUT2D eigenvalue weighted by Crippen LogP contribution is -2.24. The van der Waals surface area contributed by atoms with Crippen LogP contribution in [0.25, 0.3) is 11.0 Å². The Kier molecular flexibility index (Phi) is 4.72. The van der Waals surface area contributed by atoms with Gasteiger partial charge in [-0.05, 0) is 56.7 Å². The number of nitrogens with zero attached hydrogens (tertiary/aromatic N) is 2. The number of fused-ring (bicyclic) bond motifs is 1. The lowest BCUT2D eigenvalue weighted by Gasteiger charge is -2.12. The van der Waals surface area contributed by atoms with Crippen molar-refractivity contribution in [3.63, 3.8) is 0 Å². The number of aryl methyl sites for hydroxylation is 3. The van der Waals surface area contributed by atoms with Crippen LogP contribution in [0.15, 0.2) is 45.8 Å². The summed E-state index contributed by atoms with van der Waals surface area (Å²) in [5, 5.41) is 3.25. The highest BCUT2D eigenvalue weighted by Crippen LogP contribution is 2.20. The van der Waals surface area contributed by atoms with Crippen LogP contribution < -0.4 is 10.7 Å². The average molecular weight is 400 g/mol. The summed E-state index contributed by atoms with van der Waals surface area (Å²) in [5.41, 5.74) is 2.89. The van der Waals surface area contributed by atoms with E-state index in [1.54, 1.807) is 24.4 Å². The van der Waals surface area contributed by atoms with Crippen LogP contribution in [-0.2, 0) is 6.54 Å². The molecule has 0 radical (unpaired) electrons. The minimum absolute atomic E-state index is 0.112. The predicted molar refractivity (Wildman–Crippen MR) is 103 cm³/mol. The Balaban J connectivity index is 2.07. The first-order valence-corrected chi connectivity index (χ1v) is 8.78. The normalized spacial score (nSPS) is 10.9. The number of amides is 1. The average Bonchev–Trinajstić information content (AvgIpc) is 2.58. The Labute approximate surface area is 153 Å².